The van der Waals surface area contributed by atoms with Gasteiger partial charge in [0.05, 0.1) is 54.5 Å². The molecule has 1 aliphatic rings. The number of fused-ring (bicyclic) bond motifs is 5. The first kappa shape index (κ1) is 39.9. The van der Waals surface area contributed by atoms with Crippen molar-refractivity contribution in [2.75, 3.05) is 32.2 Å². The van der Waals surface area contributed by atoms with E-state index in [0.29, 0.717) is 45.0 Å². The number of aromatic nitrogens is 2. The second-order valence-corrected chi connectivity index (χ2v) is 17.2. The average molecular weight is 830 g/mol. The molecule has 9 rings (SSSR count). The summed E-state index contributed by atoms with van der Waals surface area (Å²) in [6, 6.07) is 30.5. The zero-order chi connectivity index (χ0) is 42.4. The molecule has 4 aromatic heterocycles. The second-order valence-electron chi connectivity index (χ2n) is 16.2. The Balaban J connectivity index is 0.992. The first-order chi connectivity index (χ1) is 29.6. The lowest BCUT2D eigenvalue weighted by Gasteiger charge is -2.24. The van der Waals surface area contributed by atoms with Crippen LogP contribution in [0.2, 0.25) is 0 Å². The summed E-state index contributed by atoms with van der Waals surface area (Å²) in [6.07, 6.45) is 7.79. The molecule has 0 saturated carbocycles. The summed E-state index contributed by atoms with van der Waals surface area (Å²) in [5.41, 5.74) is 9.51. The Morgan fingerprint density at radius 1 is 0.656 bits per heavy atom. The van der Waals surface area contributed by atoms with E-state index in [4.69, 9.17) is 23.3 Å². The summed E-state index contributed by atoms with van der Waals surface area (Å²) in [5, 5.41) is 1.54. The standard InChI is InChI=1S/C51H47N3O6S/c1-7-9-19-54(20-10-8-2)33-14-11-31-21-39(50(56)59-44(31)24-33)48-18-17-47(61-48)32-13-16-36-35-15-12-30(22-40(35)51(3,4)41(36)23-32)42-28-52-29-43(53-42)37-27-38-45(58-6)25-34(57-5)26-46(38)60-49(37)55/h11-18,21-29H,7-10,19-20H2,1-6H3. The lowest BCUT2D eigenvalue weighted by atomic mass is 9.81. The maximum absolute atomic E-state index is 13.5. The van der Waals surface area contributed by atoms with Gasteiger partial charge in [0.25, 0.3) is 0 Å². The van der Waals surface area contributed by atoms with Crippen molar-refractivity contribution in [1.29, 1.82) is 0 Å². The first-order valence-electron chi connectivity index (χ1n) is 20.9. The Morgan fingerprint density at radius 3 is 2.05 bits per heavy atom. The van der Waals surface area contributed by atoms with E-state index in [9.17, 15) is 9.59 Å². The van der Waals surface area contributed by atoms with Gasteiger partial charge in [-0.15, -0.1) is 11.3 Å². The molecule has 0 atom stereocenters. The van der Waals surface area contributed by atoms with Gasteiger partial charge in [-0.1, -0.05) is 64.8 Å². The summed E-state index contributed by atoms with van der Waals surface area (Å²) in [7, 11) is 3.11. The fraction of sp³-hybridized carbons (Fsp3) is 0.255. The molecule has 4 aromatic carbocycles. The third kappa shape index (κ3) is 7.29. The summed E-state index contributed by atoms with van der Waals surface area (Å²) in [6.45, 7) is 10.9. The highest BCUT2D eigenvalue weighted by Crippen LogP contribution is 2.51. The number of methoxy groups -OCH3 is 2. The van der Waals surface area contributed by atoms with E-state index in [1.54, 1.807) is 56.1 Å². The SMILES string of the molecule is CCCCN(CCCC)c1ccc2cc(-c3ccc(-c4ccc5c(c4)C(C)(C)c4cc(-c6cncc(-c7cc8c(OC)cc(OC)cc8oc7=O)n6)ccc4-5)s3)c(=O)oc2c1. The van der Waals surface area contributed by atoms with Crippen LogP contribution in [0.1, 0.15) is 64.5 Å². The molecule has 0 fully saturated rings. The van der Waals surface area contributed by atoms with Crippen LogP contribution in [0.4, 0.5) is 5.69 Å². The average Bonchev–Trinajstić information content (AvgIpc) is 3.85. The number of hydrogen-bond donors (Lipinski definition) is 0. The van der Waals surface area contributed by atoms with Crippen molar-refractivity contribution in [2.45, 2.75) is 58.8 Å². The van der Waals surface area contributed by atoms with E-state index in [1.165, 1.54) is 22.3 Å². The highest BCUT2D eigenvalue weighted by atomic mass is 32.1. The van der Waals surface area contributed by atoms with Crippen LogP contribution in [0.15, 0.2) is 122 Å². The van der Waals surface area contributed by atoms with E-state index in [1.807, 2.05) is 18.2 Å². The van der Waals surface area contributed by atoms with Gasteiger partial charge in [0, 0.05) is 63.1 Å². The Bertz CT molecular complexity index is 3080. The Labute approximate surface area is 358 Å². The van der Waals surface area contributed by atoms with Crippen LogP contribution < -0.4 is 25.6 Å². The Morgan fingerprint density at radius 2 is 1.33 bits per heavy atom. The van der Waals surface area contributed by atoms with Gasteiger partial charge in [-0.25, -0.2) is 14.6 Å². The van der Waals surface area contributed by atoms with E-state index in [-0.39, 0.29) is 16.6 Å². The van der Waals surface area contributed by atoms with E-state index in [0.717, 1.165) is 70.7 Å². The largest absolute Gasteiger partial charge is 0.496 e. The number of thiophene rings is 1. The highest BCUT2D eigenvalue weighted by molar-refractivity contribution is 7.18. The second kappa shape index (κ2) is 16.2. The molecule has 0 N–H and O–H groups in total. The van der Waals surface area contributed by atoms with Crippen molar-refractivity contribution in [2.24, 2.45) is 0 Å². The van der Waals surface area contributed by atoms with Crippen molar-refractivity contribution in [1.82, 2.24) is 9.97 Å². The maximum atomic E-state index is 13.5. The molecule has 0 amide bonds. The smallest absolute Gasteiger partial charge is 0.345 e. The van der Waals surface area contributed by atoms with Crippen LogP contribution >= 0.6 is 11.3 Å². The van der Waals surface area contributed by atoms with Gasteiger partial charge in [0.2, 0.25) is 0 Å². The molecule has 9 nitrogen and oxygen atoms in total. The molecular formula is C51H47N3O6S. The molecule has 4 heterocycles. The van der Waals surface area contributed by atoms with Gasteiger partial charge in [-0.3, -0.25) is 4.98 Å². The van der Waals surface area contributed by atoms with E-state index < -0.39 is 5.63 Å². The molecular weight excluding hydrogens is 783 g/mol. The minimum Gasteiger partial charge on any atom is -0.496 e. The number of nitrogens with zero attached hydrogens (tertiary/aromatic N) is 3. The predicted molar refractivity (Wildman–Crippen MR) is 246 cm³/mol. The van der Waals surface area contributed by atoms with Crippen molar-refractivity contribution < 1.29 is 18.3 Å². The van der Waals surface area contributed by atoms with Crippen LogP contribution in [-0.4, -0.2) is 37.3 Å². The zero-order valence-electron chi connectivity index (χ0n) is 35.3. The summed E-state index contributed by atoms with van der Waals surface area (Å²) >= 11 is 1.60. The predicted octanol–water partition coefficient (Wildman–Crippen LogP) is 12.1. The molecule has 0 aliphatic heterocycles. The molecule has 0 spiro atoms. The number of hydrogen-bond acceptors (Lipinski definition) is 10. The maximum Gasteiger partial charge on any atom is 0.345 e. The Hall–Kier alpha value is -6.52. The lowest BCUT2D eigenvalue weighted by molar-refractivity contribution is 0.396. The van der Waals surface area contributed by atoms with Crippen LogP contribution in [-0.2, 0) is 5.41 Å². The molecule has 0 bridgehead atoms. The molecule has 0 radical (unpaired) electrons. The number of rotatable bonds is 13. The van der Waals surface area contributed by atoms with Gasteiger partial charge < -0.3 is 23.2 Å². The van der Waals surface area contributed by atoms with Crippen molar-refractivity contribution >= 4 is 39.0 Å². The minimum atomic E-state index is -0.532. The van der Waals surface area contributed by atoms with Crippen molar-refractivity contribution in [3.8, 4) is 66.0 Å². The lowest BCUT2D eigenvalue weighted by Crippen LogP contribution is -2.25. The molecule has 10 heteroatoms. The zero-order valence-corrected chi connectivity index (χ0v) is 36.1. The fourth-order valence-electron chi connectivity index (χ4n) is 8.49. The molecule has 8 aromatic rings. The fourth-order valence-corrected chi connectivity index (χ4v) is 9.49. The molecule has 0 saturated heterocycles. The first-order valence-corrected chi connectivity index (χ1v) is 21.7. The van der Waals surface area contributed by atoms with Crippen LogP contribution in [0.3, 0.4) is 0 Å². The van der Waals surface area contributed by atoms with E-state index >= 15 is 0 Å². The molecule has 1 aliphatic carbocycles. The van der Waals surface area contributed by atoms with Crippen molar-refractivity contribution in [3.63, 3.8) is 0 Å². The minimum absolute atomic E-state index is 0.283. The Kier molecular flexibility index (Phi) is 10.6. The van der Waals surface area contributed by atoms with Gasteiger partial charge in [-0.2, -0.15) is 0 Å². The number of benzene rings is 4. The number of unbranched alkanes of at least 4 members (excludes halogenated alkanes) is 2. The summed E-state index contributed by atoms with van der Waals surface area (Å²) in [5.74, 6) is 1.04. The third-order valence-electron chi connectivity index (χ3n) is 11.9. The van der Waals surface area contributed by atoms with Gasteiger partial charge >= 0.3 is 11.3 Å². The third-order valence-corrected chi connectivity index (χ3v) is 13.1. The van der Waals surface area contributed by atoms with Crippen LogP contribution in [0, 0.1) is 0 Å². The highest BCUT2D eigenvalue weighted by Gasteiger charge is 2.36. The van der Waals surface area contributed by atoms with E-state index in [2.05, 4.69) is 92.2 Å². The number of anilines is 1. The molecule has 0 unspecified atom stereocenters. The monoisotopic (exact) mass is 829 g/mol. The quantitative estimate of drug-likeness (QED) is 0.105. The molecule has 308 valence electrons. The van der Waals surface area contributed by atoms with Crippen LogP contribution in [0.25, 0.3) is 76.5 Å². The summed E-state index contributed by atoms with van der Waals surface area (Å²) in [4.78, 5) is 40.5. The van der Waals surface area contributed by atoms with Crippen molar-refractivity contribution in [3.05, 3.63) is 135 Å². The van der Waals surface area contributed by atoms with Gasteiger partial charge in [-0.05, 0) is 89.2 Å². The summed E-state index contributed by atoms with van der Waals surface area (Å²) < 4.78 is 22.6. The van der Waals surface area contributed by atoms with Gasteiger partial charge in [0.15, 0.2) is 0 Å². The van der Waals surface area contributed by atoms with Gasteiger partial charge in [0.1, 0.15) is 22.7 Å². The van der Waals surface area contributed by atoms with Crippen LogP contribution in [0.5, 0.6) is 11.5 Å². The molecule has 61 heavy (non-hydrogen) atoms. The number of ether oxygens (including phenoxy) is 2. The normalized spacial score (nSPS) is 12.8. The topological polar surface area (TPSA) is 108 Å².